The number of aromatic amines is 1. The monoisotopic (exact) mass is 203 g/mol. The zero-order valence-electron chi connectivity index (χ0n) is 8.71. The van der Waals surface area contributed by atoms with E-state index in [9.17, 15) is 4.79 Å². The lowest BCUT2D eigenvalue weighted by Crippen LogP contribution is -2.12. The van der Waals surface area contributed by atoms with Crippen LogP contribution in [0.5, 0.6) is 0 Å². The summed E-state index contributed by atoms with van der Waals surface area (Å²) < 4.78 is 2.25. The molecule has 1 N–H and O–H groups in total. The summed E-state index contributed by atoms with van der Waals surface area (Å²) in [7, 11) is 0. The Balaban J connectivity index is 2.46. The summed E-state index contributed by atoms with van der Waals surface area (Å²) in [6, 6.07) is 2.02. The summed E-state index contributed by atoms with van der Waals surface area (Å²) in [5.74, 6) is 0. The van der Waals surface area contributed by atoms with Crippen LogP contribution in [0, 0.1) is 6.92 Å². The lowest BCUT2D eigenvalue weighted by molar-refractivity contribution is 0.544. The lowest BCUT2D eigenvalue weighted by Gasteiger charge is -2.15. The van der Waals surface area contributed by atoms with E-state index in [1.807, 2.05) is 13.0 Å². The van der Waals surface area contributed by atoms with Gasteiger partial charge in [0, 0.05) is 12.2 Å². The molecule has 0 radical (unpaired) electrons. The molecule has 1 aliphatic heterocycles. The molecule has 0 aliphatic carbocycles. The van der Waals surface area contributed by atoms with Gasteiger partial charge in [0.15, 0.2) is 0 Å². The van der Waals surface area contributed by atoms with Crippen LogP contribution in [0.1, 0.15) is 24.2 Å². The molecule has 0 fully saturated rings. The standard InChI is InChI=1S/C11H13N3O/c1-7-10-9(11(15)13-12-7)6-8-4-2-3-5-14(8)10/h6H,2-5H2,1H3,(H,13,15). The zero-order chi connectivity index (χ0) is 10.4. The minimum absolute atomic E-state index is 0.0718. The van der Waals surface area contributed by atoms with E-state index >= 15 is 0 Å². The molecule has 3 rings (SSSR count). The Kier molecular flexibility index (Phi) is 1.71. The minimum Gasteiger partial charge on any atom is -0.343 e. The highest BCUT2D eigenvalue weighted by atomic mass is 16.1. The van der Waals surface area contributed by atoms with Crippen LogP contribution in [0.15, 0.2) is 10.9 Å². The van der Waals surface area contributed by atoms with Crippen LogP contribution in [0.3, 0.4) is 0 Å². The van der Waals surface area contributed by atoms with Crippen LogP contribution in [0.4, 0.5) is 0 Å². The molecule has 4 nitrogen and oxygen atoms in total. The predicted octanol–water partition coefficient (Wildman–Crippen LogP) is 1.37. The van der Waals surface area contributed by atoms with Crippen LogP contribution in [-0.2, 0) is 13.0 Å². The van der Waals surface area contributed by atoms with Gasteiger partial charge in [-0.2, -0.15) is 5.10 Å². The molecule has 0 atom stereocenters. The first-order chi connectivity index (χ1) is 7.27. The van der Waals surface area contributed by atoms with Crippen LogP contribution in [0.2, 0.25) is 0 Å². The van der Waals surface area contributed by atoms with Crippen molar-refractivity contribution in [3.05, 3.63) is 27.8 Å². The van der Waals surface area contributed by atoms with E-state index in [4.69, 9.17) is 0 Å². The highest BCUT2D eigenvalue weighted by Crippen LogP contribution is 2.24. The molecule has 0 saturated carbocycles. The molecule has 0 aromatic carbocycles. The Morgan fingerprint density at radius 2 is 2.33 bits per heavy atom. The smallest absolute Gasteiger partial charge is 0.273 e. The second-order valence-corrected chi connectivity index (χ2v) is 4.14. The largest absolute Gasteiger partial charge is 0.343 e. The number of rotatable bonds is 0. The molecular weight excluding hydrogens is 190 g/mol. The van der Waals surface area contributed by atoms with Crippen molar-refractivity contribution < 1.29 is 0 Å². The van der Waals surface area contributed by atoms with E-state index in [0.29, 0.717) is 0 Å². The molecule has 2 aromatic rings. The Morgan fingerprint density at radius 3 is 3.20 bits per heavy atom. The number of aromatic nitrogens is 3. The number of fused-ring (bicyclic) bond motifs is 3. The van der Waals surface area contributed by atoms with Gasteiger partial charge in [0.1, 0.15) is 0 Å². The number of nitrogens with zero attached hydrogens (tertiary/aromatic N) is 2. The van der Waals surface area contributed by atoms with Gasteiger partial charge in [0.25, 0.3) is 5.56 Å². The highest BCUT2D eigenvalue weighted by Gasteiger charge is 2.16. The van der Waals surface area contributed by atoms with Gasteiger partial charge in [-0.3, -0.25) is 4.79 Å². The van der Waals surface area contributed by atoms with Crippen LogP contribution < -0.4 is 5.56 Å². The molecule has 0 bridgehead atoms. The van der Waals surface area contributed by atoms with Crippen LogP contribution in [-0.4, -0.2) is 14.8 Å². The van der Waals surface area contributed by atoms with Crippen molar-refractivity contribution >= 4 is 10.9 Å². The van der Waals surface area contributed by atoms with Gasteiger partial charge in [-0.05, 0) is 32.3 Å². The summed E-state index contributed by atoms with van der Waals surface area (Å²) in [5.41, 5.74) is 3.14. The molecule has 0 spiro atoms. The fraction of sp³-hybridized carbons (Fsp3) is 0.455. The minimum atomic E-state index is -0.0718. The number of hydrogen-bond acceptors (Lipinski definition) is 2. The van der Waals surface area contributed by atoms with Crippen molar-refractivity contribution in [3.63, 3.8) is 0 Å². The number of aryl methyl sites for hydroxylation is 3. The molecule has 2 aromatic heterocycles. The van der Waals surface area contributed by atoms with Gasteiger partial charge >= 0.3 is 0 Å². The number of nitrogens with one attached hydrogen (secondary N) is 1. The first kappa shape index (κ1) is 8.71. The summed E-state index contributed by atoms with van der Waals surface area (Å²) in [4.78, 5) is 11.6. The summed E-state index contributed by atoms with van der Waals surface area (Å²) in [5, 5.41) is 7.35. The van der Waals surface area contributed by atoms with Gasteiger partial charge in [-0.1, -0.05) is 0 Å². The van der Waals surface area contributed by atoms with Crippen molar-refractivity contribution in [1.82, 2.24) is 14.8 Å². The fourth-order valence-electron chi connectivity index (χ4n) is 2.45. The number of hydrogen-bond donors (Lipinski definition) is 1. The van der Waals surface area contributed by atoms with Crippen molar-refractivity contribution in [1.29, 1.82) is 0 Å². The van der Waals surface area contributed by atoms with Crippen LogP contribution in [0.25, 0.3) is 10.9 Å². The van der Waals surface area contributed by atoms with Crippen molar-refractivity contribution in [3.8, 4) is 0 Å². The summed E-state index contributed by atoms with van der Waals surface area (Å²) in [6.07, 6.45) is 3.50. The molecule has 4 heteroatoms. The SMILES string of the molecule is Cc1n[nH]c(=O)c2cc3n(c12)CCCC3. The maximum absolute atomic E-state index is 11.6. The maximum Gasteiger partial charge on any atom is 0.273 e. The van der Waals surface area contributed by atoms with Gasteiger partial charge in [-0.25, -0.2) is 5.10 Å². The van der Waals surface area contributed by atoms with E-state index in [2.05, 4.69) is 14.8 Å². The van der Waals surface area contributed by atoms with Gasteiger partial charge < -0.3 is 4.57 Å². The Hall–Kier alpha value is -1.58. The van der Waals surface area contributed by atoms with E-state index in [-0.39, 0.29) is 5.56 Å². The fourth-order valence-corrected chi connectivity index (χ4v) is 2.45. The molecule has 0 saturated heterocycles. The Morgan fingerprint density at radius 1 is 1.47 bits per heavy atom. The van der Waals surface area contributed by atoms with Crippen molar-refractivity contribution in [2.45, 2.75) is 32.7 Å². The third-order valence-corrected chi connectivity index (χ3v) is 3.16. The van der Waals surface area contributed by atoms with Gasteiger partial charge in [0.05, 0.1) is 16.6 Å². The molecule has 78 valence electrons. The van der Waals surface area contributed by atoms with E-state index in [1.165, 1.54) is 18.5 Å². The predicted molar refractivity (Wildman–Crippen MR) is 58.0 cm³/mol. The number of H-pyrrole nitrogens is 1. The molecule has 15 heavy (non-hydrogen) atoms. The van der Waals surface area contributed by atoms with E-state index in [0.717, 1.165) is 29.6 Å². The van der Waals surface area contributed by atoms with Crippen LogP contribution >= 0.6 is 0 Å². The maximum atomic E-state index is 11.6. The van der Waals surface area contributed by atoms with Crippen molar-refractivity contribution in [2.75, 3.05) is 0 Å². The molecular formula is C11H13N3O. The zero-order valence-corrected chi connectivity index (χ0v) is 8.71. The third kappa shape index (κ3) is 1.14. The average Bonchev–Trinajstić information content (AvgIpc) is 2.64. The van der Waals surface area contributed by atoms with Crippen molar-refractivity contribution in [2.24, 2.45) is 0 Å². The quantitative estimate of drug-likeness (QED) is 0.703. The van der Waals surface area contributed by atoms with Gasteiger partial charge in [0.2, 0.25) is 0 Å². The topological polar surface area (TPSA) is 50.7 Å². The normalized spacial score (nSPS) is 15.5. The first-order valence-corrected chi connectivity index (χ1v) is 5.35. The molecule has 1 aliphatic rings. The molecule has 3 heterocycles. The second kappa shape index (κ2) is 2.95. The highest BCUT2D eigenvalue weighted by molar-refractivity contribution is 5.82. The molecule has 0 amide bonds. The average molecular weight is 203 g/mol. The first-order valence-electron chi connectivity index (χ1n) is 5.35. The summed E-state index contributed by atoms with van der Waals surface area (Å²) >= 11 is 0. The molecule has 0 unspecified atom stereocenters. The van der Waals surface area contributed by atoms with E-state index in [1.54, 1.807) is 0 Å². The van der Waals surface area contributed by atoms with E-state index < -0.39 is 0 Å². The lowest BCUT2D eigenvalue weighted by atomic mass is 10.1. The van der Waals surface area contributed by atoms with Gasteiger partial charge in [-0.15, -0.1) is 0 Å². The summed E-state index contributed by atoms with van der Waals surface area (Å²) in [6.45, 7) is 2.96. The second-order valence-electron chi connectivity index (χ2n) is 4.14. The Bertz CT molecular complexity index is 579. The third-order valence-electron chi connectivity index (χ3n) is 3.16. The Labute approximate surface area is 86.9 Å².